The second-order valence-corrected chi connectivity index (χ2v) is 8.21. The Morgan fingerprint density at radius 2 is 1.96 bits per heavy atom. The standard InChI is InChI=1S/C19H23N3O2S/c23-18(13-25-16-8-4-5-9-16)22-11-15(12-22)19-20-17(21-24-19)10-14-6-2-1-3-7-14/h1-3,6-7,15-16H,4-5,8-13H2. The molecule has 5 nitrogen and oxygen atoms in total. The SMILES string of the molecule is O=C(CSC1CCCC1)N1CC(c2nc(Cc3ccccc3)no2)C1. The first-order valence-corrected chi connectivity index (χ1v) is 10.1. The van der Waals surface area contributed by atoms with Crippen LogP contribution < -0.4 is 0 Å². The summed E-state index contributed by atoms with van der Waals surface area (Å²) in [6, 6.07) is 10.1. The first-order valence-electron chi connectivity index (χ1n) is 9.04. The van der Waals surface area contributed by atoms with Gasteiger partial charge in [-0.25, -0.2) is 0 Å². The topological polar surface area (TPSA) is 59.2 Å². The molecule has 2 fully saturated rings. The fourth-order valence-corrected chi connectivity index (χ4v) is 4.68. The highest BCUT2D eigenvalue weighted by Gasteiger charge is 2.35. The van der Waals surface area contributed by atoms with Crippen LogP contribution in [0.15, 0.2) is 34.9 Å². The number of hydrogen-bond acceptors (Lipinski definition) is 5. The van der Waals surface area contributed by atoms with Crippen LogP contribution in [0.4, 0.5) is 0 Å². The molecule has 1 saturated heterocycles. The Balaban J connectivity index is 1.24. The zero-order valence-electron chi connectivity index (χ0n) is 14.3. The van der Waals surface area contributed by atoms with Crippen LogP contribution in [-0.2, 0) is 11.2 Å². The summed E-state index contributed by atoms with van der Waals surface area (Å²) in [6.07, 6.45) is 5.86. The number of rotatable bonds is 6. The smallest absolute Gasteiger partial charge is 0.233 e. The summed E-state index contributed by atoms with van der Waals surface area (Å²) in [5, 5.41) is 4.77. The number of hydrogen-bond donors (Lipinski definition) is 0. The second kappa shape index (κ2) is 7.60. The highest BCUT2D eigenvalue weighted by atomic mass is 32.2. The molecule has 4 rings (SSSR count). The number of carbonyl (C=O) groups excluding carboxylic acids is 1. The molecular weight excluding hydrogens is 334 g/mol. The van der Waals surface area contributed by atoms with Gasteiger partial charge in [0.15, 0.2) is 5.82 Å². The molecular formula is C19H23N3O2S. The third-order valence-electron chi connectivity index (χ3n) is 5.02. The first kappa shape index (κ1) is 16.6. The lowest BCUT2D eigenvalue weighted by atomic mass is 10.0. The molecule has 1 aliphatic carbocycles. The van der Waals surface area contributed by atoms with Crippen molar-refractivity contribution in [3.8, 4) is 0 Å². The highest BCUT2D eigenvalue weighted by molar-refractivity contribution is 8.00. The molecule has 1 aromatic heterocycles. The number of carbonyl (C=O) groups is 1. The molecule has 1 saturated carbocycles. The van der Waals surface area contributed by atoms with Gasteiger partial charge in [-0.1, -0.05) is 48.3 Å². The van der Waals surface area contributed by atoms with Crippen LogP contribution in [0, 0.1) is 0 Å². The van der Waals surface area contributed by atoms with Crippen LogP contribution in [0.2, 0.25) is 0 Å². The molecule has 1 aliphatic heterocycles. The van der Waals surface area contributed by atoms with Gasteiger partial charge in [0.25, 0.3) is 0 Å². The van der Waals surface area contributed by atoms with Crippen LogP contribution in [0.1, 0.15) is 48.9 Å². The van der Waals surface area contributed by atoms with Crippen molar-refractivity contribution >= 4 is 17.7 Å². The van der Waals surface area contributed by atoms with Crippen molar-refractivity contribution in [1.29, 1.82) is 0 Å². The van der Waals surface area contributed by atoms with Crippen LogP contribution in [0.5, 0.6) is 0 Å². The van der Waals surface area contributed by atoms with E-state index in [0.29, 0.717) is 42.2 Å². The van der Waals surface area contributed by atoms with Gasteiger partial charge in [0.2, 0.25) is 11.8 Å². The highest BCUT2D eigenvalue weighted by Crippen LogP contribution is 2.31. The van der Waals surface area contributed by atoms with Crippen molar-refractivity contribution < 1.29 is 9.32 Å². The van der Waals surface area contributed by atoms with E-state index in [4.69, 9.17) is 4.52 Å². The van der Waals surface area contributed by atoms with Gasteiger partial charge in [0.05, 0.1) is 11.7 Å². The summed E-state index contributed by atoms with van der Waals surface area (Å²) in [7, 11) is 0. The molecule has 2 aliphatic rings. The third kappa shape index (κ3) is 4.06. The van der Waals surface area contributed by atoms with Crippen molar-refractivity contribution in [2.75, 3.05) is 18.8 Å². The first-order chi connectivity index (χ1) is 12.3. The Kier molecular flexibility index (Phi) is 5.06. The van der Waals surface area contributed by atoms with Gasteiger partial charge in [0.1, 0.15) is 0 Å². The van der Waals surface area contributed by atoms with Crippen molar-refractivity contribution in [2.45, 2.75) is 43.3 Å². The summed E-state index contributed by atoms with van der Waals surface area (Å²) in [6.45, 7) is 1.41. The van der Waals surface area contributed by atoms with Crippen LogP contribution >= 0.6 is 11.8 Å². The minimum Gasteiger partial charge on any atom is -0.340 e. The molecule has 132 valence electrons. The fraction of sp³-hybridized carbons (Fsp3) is 0.526. The number of benzene rings is 1. The molecule has 0 radical (unpaired) electrons. The molecule has 1 amide bonds. The Hall–Kier alpha value is -1.82. The van der Waals surface area contributed by atoms with E-state index in [2.05, 4.69) is 22.3 Å². The maximum absolute atomic E-state index is 12.2. The van der Waals surface area contributed by atoms with Gasteiger partial charge in [-0.05, 0) is 18.4 Å². The summed E-state index contributed by atoms with van der Waals surface area (Å²) >= 11 is 1.83. The summed E-state index contributed by atoms with van der Waals surface area (Å²) in [4.78, 5) is 18.7. The molecule has 0 N–H and O–H groups in total. The van der Waals surface area contributed by atoms with Crippen LogP contribution in [0.3, 0.4) is 0 Å². The predicted octanol–water partition coefficient (Wildman–Crippen LogP) is 3.26. The molecule has 0 unspecified atom stereocenters. The van der Waals surface area contributed by atoms with Gasteiger partial charge in [-0.3, -0.25) is 4.79 Å². The Labute approximate surface area is 152 Å². The molecule has 0 atom stereocenters. The summed E-state index contributed by atoms with van der Waals surface area (Å²) in [5.41, 5.74) is 1.17. The number of likely N-dealkylation sites (tertiary alicyclic amines) is 1. The minimum absolute atomic E-state index is 0.192. The zero-order valence-corrected chi connectivity index (χ0v) is 15.1. The minimum atomic E-state index is 0.192. The second-order valence-electron chi connectivity index (χ2n) is 6.92. The molecule has 1 aromatic carbocycles. The molecule has 0 spiro atoms. The average Bonchev–Trinajstić information content (AvgIpc) is 3.25. The Bertz CT molecular complexity index is 706. The molecule has 6 heteroatoms. The quantitative estimate of drug-likeness (QED) is 0.794. The summed E-state index contributed by atoms with van der Waals surface area (Å²) in [5.74, 6) is 2.43. The number of aromatic nitrogens is 2. The summed E-state index contributed by atoms with van der Waals surface area (Å²) < 4.78 is 5.41. The lowest BCUT2D eigenvalue weighted by Crippen LogP contribution is -2.49. The molecule has 25 heavy (non-hydrogen) atoms. The largest absolute Gasteiger partial charge is 0.340 e. The van der Waals surface area contributed by atoms with Crippen molar-refractivity contribution in [3.63, 3.8) is 0 Å². The van der Waals surface area contributed by atoms with E-state index in [1.54, 1.807) is 0 Å². The van der Waals surface area contributed by atoms with Crippen LogP contribution in [0.25, 0.3) is 0 Å². The van der Waals surface area contributed by atoms with E-state index in [9.17, 15) is 4.79 Å². The van der Waals surface area contributed by atoms with Gasteiger partial charge in [-0.15, -0.1) is 11.8 Å². The normalized spacial score (nSPS) is 18.5. The van der Waals surface area contributed by atoms with Gasteiger partial charge in [-0.2, -0.15) is 4.98 Å². The average molecular weight is 357 g/mol. The van der Waals surface area contributed by atoms with Crippen LogP contribution in [-0.4, -0.2) is 45.0 Å². The Morgan fingerprint density at radius 3 is 2.72 bits per heavy atom. The van der Waals surface area contributed by atoms with Gasteiger partial charge < -0.3 is 9.42 Å². The number of amides is 1. The van der Waals surface area contributed by atoms with Crippen molar-refractivity contribution in [3.05, 3.63) is 47.6 Å². The maximum Gasteiger partial charge on any atom is 0.233 e. The van der Waals surface area contributed by atoms with E-state index in [1.165, 1.54) is 31.2 Å². The van der Waals surface area contributed by atoms with Gasteiger partial charge in [0, 0.05) is 24.8 Å². The molecule has 2 heterocycles. The lowest BCUT2D eigenvalue weighted by molar-refractivity contribution is -0.133. The maximum atomic E-state index is 12.2. The molecule has 2 aromatic rings. The lowest BCUT2D eigenvalue weighted by Gasteiger charge is -2.37. The number of thioether (sulfide) groups is 1. The fourth-order valence-electron chi connectivity index (χ4n) is 3.46. The predicted molar refractivity (Wildman–Crippen MR) is 97.6 cm³/mol. The van der Waals surface area contributed by atoms with Crippen molar-refractivity contribution in [2.24, 2.45) is 0 Å². The Morgan fingerprint density at radius 1 is 1.20 bits per heavy atom. The van der Waals surface area contributed by atoms with Crippen molar-refractivity contribution in [1.82, 2.24) is 15.0 Å². The van der Waals surface area contributed by atoms with E-state index in [0.717, 1.165) is 0 Å². The van der Waals surface area contributed by atoms with Gasteiger partial charge >= 0.3 is 0 Å². The third-order valence-corrected chi connectivity index (χ3v) is 6.37. The number of nitrogens with zero attached hydrogens (tertiary/aromatic N) is 3. The monoisotopic (exact) mass is 357 g/mol. The van der Waals surface area contributed by atoms with E-state index < -0.39 is 0 Å². The van der Waals surface area contributed by atoms with E-state index in [-0.39, 0.29) is 11.8 Å². The van der Waals surface area contributed by atoms with E-state index in [1.807, 2.05) is 34.9 Å². The van der Waals surface area contributed by atoms with E-state index >= 15 is 0 Å². The zero-order chi connectivity index (χ0) is 17.1. The molecule has 0 bridgehead atoms.